The van der Waals surface area contributed by atoms with E-state index in [9.17, 15) is 0 Å². The minimum Gasteiger partial charge on any atom is -0.182 e. The third-order valence-corrected chi connectivity index (χ3v) is 4.71. The normalized spacial score (nSPS) is 12.0. The van der Waals surface area contributed by atoms with Gasteiger partial charge in [0.25, 0.3) is 0 Å². The molecule has 5 aromatic rings. The van der Waals surface area contributed by atoms with Crippen molar-refractivity contribution in [3.63, 3.8) is 0 Å². The number of nitrogens with zero attached hydrogens (tertiary/aromatic N) is 2. The smallest absolute Gasteiger partial charge is 0.182 e. The zero-order valence-electron chi connectivity index (χ0n) is 10.6. The predicted molar refractivity (Wildman–Crippen MR) is 82.3 cm³/mol. The van der Waals surface area contributed by atoms with Gasteiger partial charge in [-0.3, -0.25) is 0 Å². The summed E-state index contributed by atoms with van der Waals surface area (Å²) in [5.74, 6) is 0. The van der Waals surface area contributed by atoms with Crippen LogP contribution in [-0.2, 0) is 0 Å². The number of benzene rings is 2. The summed E-state index contributed by atoms with van der Waals surface area (Å²) < 4.78 is 4.40. The second-order valence-electron chi connectivity index (χ2n) is 4.91. The molecule has 20 heavy (non-hydrogen) atoms. The summed E-state index contributed by atoms with van der Waals surface area (Å²) >= 11 is 1.76. The van der Waals surface area contributed by atoms with E-state index in [1.54, 1.807) is 11.3 Å². The number of hydrogen-bond donors (Lipinski definition) is 0. The summed E-state index contributed by atoms with van der Waals surface area (Å²) in [5.41, 5.74) is 2.41. The molecule has 0 amide bonds. The number of fused-ring (bicyclic) bond motifs is 8. The van der Waals surface area contributed by atoms with E-state index in [-0.39, 0.29) is 0 Å². The Morgan fingerprint density at radius 3 is 2.65 bits per heavy atom. The molecule has 94 valence electrons. The van der Waals surface area contributed by atoms with E-state index in [0.717, 1.165) is 0 Å². The van der Waals surface area contributed by atoms with E-state index in [4.69, 9.17) is 0 Å². The van der Waals surface area contributed by atoms with E-state index in [1.165, 1.54) is 32.0 Å². The first-order chi connectivity index (χ1) is 9.93. The average Bonchev–Trinajstić information content (AvgIpc) is 3.08. The van der Waals surface area contributed by atoms with Gasteiger partial charge in [-0.05, 0) is 17.5 Å². The molecule has 3 heterocycles. The monoisotopic (exact) mass is 274 g/mol. The first-order valence-electron chi connectivity index (χ1n) is 6.56. The SMILES string of the molecule is [c-]1c2ccsc2n2c3ccccc3c3ccccc3[n+]12. The molecule has 0 bridgehead atoms. The molecular formula is C17H10N2S. The van der Waals surface area contributed by atoms with Gasteiger partial charge in [0.05, 0.1) is 4.83 Å². The van der Waals surface area contributed by atoms with E-state index in [2.05, 4.69) is 75.2 Å². The molecule has 0 spiro atoms. The molecule has 3 aromatic heterocycles. The number of aromatic nitrogens is 2. The largest absolute Gasteiger partial charge is 0.188 e. The van der Waals surface area contributed by atoms with Crippen LogP contribution >= 0.6 is 11.3 Å². The van der Waals surface area contributed by atoms with E-state index in [1.807, 2.05) is 0 Å². The van der Waals surface area contributed by atoms with E-state index < -0.39 is 0 Å². The van der Waals surface area contributed by atoms with Gasteiger partial charge in [-0.15, -0.1) is 6.07 Å². The van der Waals surface area contributed by atoms with Crippen molar-refractivity contribution in [1.29, 1.82) is 0 Å². The van der Waals surface area contributed by atoms with E-state index in [0.29, 0.717) is 0 Å². The first kappa shape index (κ1) is 10.4. The zero-order chi connectivity index (χ0) is 13.1. The van der Waals surface area contributed by atoms with Gasteiger partial charge in [-0.1, -0.05) is 41.8 Å². The highest BCUT2D eigenvalue weighted by Crippen LogP contribution is 2.26. The van der Waals surface area contributed by atoms with Crippen molar-refractivity contribution in [2.24, 2.45) is 0 Å². The molecule has 0 saturated heterocycles. The molecule has 0 fully saturated rings. The second kappa shape index (κ2) is 3.58. The highest BCUT2D eigenvalue weighted by Gasteiger charge is 2.13. The van der Waals surface area contributed by atoms with Crippen LogP contribution in [0.15, 0.2) is 60.0 Å². The Morgan fingerprint density at radius 2 is 1.70 bits per heavy atom. The van der Waals surface area contributed by atoms with Gasteiger partial charge in [0.1, 0.15) is 5.52 Å². The summed E-state index contributed by atoms with van der Waals surface area (Å²) in [6, 6.07) is 19.2. The van der Waals surface area contributed by atoms with Crippen LogP contribution in [0.3, 0.4) is 0 Å². The van der Waals surface area contributed by atoms with Gasteiger partial charge in [0.2, 0.25) is 0 Å². The van der Waals surface area contributed by atoms with Gasteiger partial charge in [0, 0.05) is 10.8 Å². The van der Waals surface area contributed by atoms with Gasteiger partial charge in [0.15, 0.2) is 11.7 Å². The molecule has 0 aliphatic rings. The van der Waals surface area contributed by atoms with Crippen LogP contribution in [0.25, 0.3) is 32.0 Å². The summed E-state index contributed by atoms with van der Waals surface area (Å²) in [4.78, 5) is 1.24. The molecule has 3 heteroatoms. The first-order valence-corrected chi connectivity index (χ1v) is 7.44. The highest BCUT2D eigenvalue weighted by molar-refractivity contribution is 7.16. The third kappa shape index (κ3) is 1.16. The molecule has 0 atom stereocenters. The average molecular weight is 274 g/mol. The molecule has 2 aromatic carbocycles. The predicted octanol–water partition coefficient (Wildman–Crippen LogP) is 3.85. The maximum Gasteiger partial charge on any atom is 0.188 e. The number of para-hydroxylation sites is 2. The van der Waals surface area contributed by atoms with Crippen molar-refractivity contribution in [2.45, 2.75) is 0 Å². The fourth-order valence-corrected chi connectivity index (χ4v) is 3.82. The Labute approximate surface area is 119 Å². The lowest BCUT2D eigenvalue weighted by Gasteiger charge is -2.06. The molecular weight excluding hydrogens is 264 g/mol. The van der Waals surface area contributed by atoms with E-state index >= 15 is 0 Å². The Bertz CT molecular complexity index is 1070. The Kier molecular flexibility index (Phi) is 1.86. The van der Waals surface area contributed by atoms with Crippen molar-refractivity contribution in [2.75, 3.05) is 0 Å². The van der Waals surface area contributed by atoms with Gasteiger partial charge >= 0.3 is 0 Å². The van der Waals surface area contributed by atoms with Crippen molar-refractivity contribution < 1.29 is 4.52 Å². The van der Waals surface area contributed by atoms with Crippen LogP contribution in [0.4, 0.5) is 0 Å². The third-order valence-electron chi connectivity index (χ3n) is 3.82. The molecule has 2 nitrogen and oxygen atoms in total. The number of thiophene rings is 1. The van der Waals surface area contributed by atoms with Crippen molar-refractivity contribution in [3.05, 3.63) is 66.2 Å². The fourth-order valence-electron chi connectivity index (χ4n) is 2.96. The summed E-state index contributed by atoms with van der Waals surface area (Å²) in [5, 5.41) is 5.84. The van der Waals surface area contributed by atoms with Crippen LogP contribution in [0.2, 0.25) is 0 Å². The van der Waals surface area contributed by atoms with Crippen LogP contribution in [0, 0.1) is 6.20 Å². The van der Waals surface area contributed by atoms with Crippen LogP contribution < -0.4 is 4.52 Å². The second-order valence-corrected chi connectivity index (χ2v) is 5.80. The summed E-state index contributed by atoms with van der Waals surface area (Å²) in [6.07, 6.45) is 3.48. The quantitative estimate of drug-likeness (QED) is 0.230. The zero-order valence-corrected chi connectivity index (χ0v) is 11.4. The number of hydrogen-bond acceptors (Lipinski definition) is 1. The molecule has 0 saturated carbocycles. The minimum absolute atomic E-state index is 1.17. The number of rotatable bonds is 0. The molecule has 0 aliphatic carbocycles. The summed E-state index contributed by atoms with van der Waals surface area (Å²) in [7, 11) is 0. The molecule has 0 aliphatic heterocycles. The highest BCUT2D eigenvalue weighted by atomic mass is 32.1. The van der Waals surface area contributed by atoms with Gasteiger partial charge in [-0.2, -0.15) is 20.4 Å². The van der Waals surface area contributed by atoms with Crippen LogP contribution in [0.1, 0.15) is 0 Å². The Hall–Kier alpha value is -2.39. The molecule has 0 N–H and O–H groups in total. The molecule has 5 rings (SSSR count). The standard InChI is InChI=1S/C17H10N2S/c1-3-7-15-13(5-1)14-6-2-4-8-16(14)19-17-12(9-10-20-17)11-18(15)19/h1-10H. The molecule has 0 radical (unpaired) electrons. The Morgan fingerprint density at radius 1 is 0.900 bits per heavy atom. The fraction of sp³-hybridized carbons (Fsp3) is 0. The van der Waals surface area contributed by atoms with Crippen LogP contribution in [-0.4, -0.2) is 4.52 Å². The lowest BCUT2D eigenvalue weighted by atomic mass is 10.1. The van der Waals surface area contributed by atoms with Gasteiger partial charge < -0.3 is 0 Å². The van der Waals surface area contributed by atoms with Crippen molar-refractivity contribution in [1.82, 2.24) is 4.52 Å². The minimum atomic E-state index is 1.17. The maximum absolute atomic E-state index is 3.48. The molecule has 0 unspecified atom stereocenters. The summed E-state index contributed by atoms with van der Waals surface area (Å²) in [6.45, 7) is 0. The Balaban J connectivity index is 2.27. The lowest BCUT2D eigenvalue weighted by Crippen LogP contribution is -2.29. The maximum atomic E-state index is 3.48. The van der Waals surface area contributed by atoms with Gasteiger partial charge in [-0.25, -0.2) is 0 Å². The van der Waals surface area contributed by atoms with Crippen molar-refractivity contribution in [3.8, 4) is 0 Å². The van der Waals surface area contributed by atoms with Crippen LogP contribution in [0.5, 0.6) is 0 Å². The lowest BCUT2D eigenvalue weighted by molar-refractivity contribution is -0.588. The topological polar surface area (TPSA) is 8.51 Å². The van der Waals surface area contributed by atoms with Crippen molar-refractivity contribution >= 4 is 43.4 Å².